The first-order valence-corrected chi connectivity index (χ1v) is 9.06. The molecule has 4 rings (SSSR count). The average Bonchev–Trinajstić information content (AvgIpc) is 3.12. The Morgan fingerprint density at radius 2 is 2.04 bits per heavy atom. The number of amides is 2. The first kappa shape index (κ1) is 17.7. The number of fused-ring (bicyclic) bond motifs is 1. The van der Waals surface area contributed by atoms with Crippen molar-refractivity contribution in [3.8, 4) is 17.7 Å². The Kier molecular flexibility index (Phi) is 5.02. The normalized spacial score (nSPS) is 13.2. The molecule has 0 spiro atoms. The number of ether oxygens (including phenoxy) is 1. The molecular formula is C21H19N5O2. The van der Waals surface area contributed by atoms with E-state index in [2.05, 4.69) is 32.1 Å². The highest BCUT2D eigenvalue weighted by atomic mass is 16.5. The summed E-state index contributed by atoms with van der Waals surface area (Å²) in [5.74, 6) is 6.49. The molecule has 0 saturated carbocycles. The van der Waals surface area contributed by atoms with Gasteiger partial charge in [-0.3, -0.25) is 0 Å². The van der Waals surface area contributed by atoms with E-state index in [4.69, 9.17) is 4.74 Å². The summed E-state index contributed by atoms with van der Waals surface area (Å²) in [5, 5.41) is 2.77. The zero-order valence-corrected chi connectivity index (χ0v) is 15.5. The van der Waals surface area contributed by atoms with Crippen molar-refractivity contribution >= 4 is 17.2 Å². The lowest BCUT2D eigenvalue weighted by molar-refractivity contribution is 0.201. The van der Waals surface area contributed by atoms with E-state index >= 15 is 0 Å². The molecule has 0 atom stereocenters. The Bertz CT molecular complexity index is 1070. The molecule has 2 amide bonds. The summed E-state index contributed by atoms with van der Waals surface area (Å²) in [4.78, 5) is 26.6. The van der Waals surface area contributed by atoms with Crippen LogP contribution in [0.15, 0.2) is 42.6 Å². The van der Waals surface area contributed by atoms with Crippen molar-refractivity contribution in [1.82, 2.24) is 25.2 Å². The van der Waals surface area contributed by atoms with Gasteiger partial charge in [-0.2, -0.15) is 0 Å². The third kappa shape index (κ3) is 4.01. The minimum atomic E-state index is -0.0724. The first-order chi connectivity index (χ1) is 13.7. The summed E-state index contributed by atoms with van der Waals surface area (Å²) >= 11 is 0. The highest BCUT2D eigenvalue weighted by Gasteiger charge is 2.19. The van der Waals surface area contributed by atoms with Crippen LogP contribution in [0.1, 0.15) is 16.8 Å². The van der Waals surface area contributed by atoms with Crippen molar-refractivity contribution in [2.45, 2.75) is 6.92 Å². The van der Waals surface area contributed by atoms with Crippen LogP contribution in [0.5, 0.6) is 5.88 Å². The number of nitrogens with zero attached hydrogens (tertiary/aromatic N) is 4. The van der Waals surface area contributed by atoms with Crippen LogP contribution in [0, 0.1) is 18.8 Å². The minimum Gasteiger partial charge on any atom is -0.474 e. The number of pyridine rings is 1. The number of nitrogens with one attached hydrogen (secondary N) is 1. The van der Waals surface area contributed by atoms with Crippen LogP contribution in [-0.2, 0) is 0 Å². The molecule has 3 aromatic rings. The molecule has 1 aliphatic heterocycles. The monoisotopic (exact) mass is 373 g/mol. The van der Waals surface area contributed by atoms with Crippen molar-refractivity contribution in [1.29, 1.82) is 0 Å². The van der Waals surface area contributed by atoms with Crippen LogP contribution in [0.3, 0.4) is 0 Å². The molecule has 1 fully saturated rings. The fraction of sp³-hybridized carbons (Fsp3) is 0.238. The van der Waals surface area contributed by atoms with Crippen molar-refractivity contribution in [2.24, 2.45) is 0 Å². The maximum Gasteiger partial charge on any atom is 0.317 e. The summed E-state index contributed by atoms with van der Waals surface area (Å²) in [6.45, 7) is 4.16. The number of urea groups is 1. The summed E-state index contributed by atoms with van der Waals surface area (Å²) < 4.78 is 5.84. The molecule has 0 radical (unpaired) electrons. The summed E-state index contributed by atoms with van der Waals surface area (Å²) in [7, 11) is 0. The lowest BCUT2D eigenvalue weighted by Gasteiger charge is -2.14. The summed E-state index contributed by atoms with van der Waals surface area (Å²) in [6.07, 6.45) is 1.67. The van der Waals surface area contributed by atoms with Crippen LogP contribution >= 0.6 is 0 Å². The fourth-order valence-electron chi connectivity index (χ4n) is 2.81. The number of hydrogen-bond donors (Lipinski definition) is 1. The molecule has 3 heterocycles. The molecule has 0 bridgehead atoms. The Morgan fingerprint density at radius 3 is 2.82 bits per heavy atom. The summed E-state index contributed by atoms with van der Waals surface area (Å²) in [5.41, 5.74) is 3.64. The Morgan fingerprint density at radius 1 is 1.18 bits per heavy atom. The van der Waals surface area contributed by atoms with Crippen molar-refractivity contribution in [3.63, 3.8) is 0 Å². The fourth-order valence-corrected chi connectivity index (χ4v) is 2.81. The van der Waals surface area contributed by atoms with Gasteiger partial charge >= 0.3 is 6.03 Å². The van der Waals surface area contributed by atoms with E-state index < -0.39 is 0 Å². The summed E-state index contributed by atoms with van der Waals surface area (Å²) in [6, 6.07) is 11.5. The minimum absolute atomic E-state index is 0.0724. The molecule has 140 valence electrons. The Labute approximate surface area is 162 Å². The number of rotatable bonds is 4. The van der Waals surface area contributed by atoms with Gasteiger partial charge in [0.2, 0.25) is 5.88 Å². The van der Waals surface area contributed by atoms with E-state index in [1.807, 2.05) is 37.3 Å². The average molecular weight is 373 g/mol. The second-order valence-corrected chi connectivity index (χ2v) is 6.41. The number of benzene rings is 1. The third-order valence-corrected chi connectivity index (χ3v) is 4.33. The van der Waals surface area contributed by atoms with Gasteiger partial charge in [0.1, 0.15) is 12.1 Å². The number of aromatic nitrogens is 3. The molecule has 1 saturated heterocycles. The van der Waals surface area contributed by atoms with Gasteiger partial charge in [0, 0.05) is 24.8 Å². The highest BCUT2D eigenvalue weighted by Crippen LogP contribution is 2.17. The smallest absolute Gasteiger partial charge is 0.317 e. The van der Waals surface area contributed by atoms with Gasteiger partial charge in [-0.25, -0.2) is 19.7 Å². The SMILES string of the molecule is Cc1ccc(C#Cc2nc3ncccc3nc2OCCN2CCNC2=O)cc1. The predicted octanol–water partition coefficient (Wildman–Crippen LogP) is 2.14. The van der Waals surface area contributed by atoms with Gasteiger partial charge in [-0.05, 0) is 37.1 Å². The largest absolute Gasteiger partial charge is 0.474 e. The van der Waals surface area contributed by atoms with E-state index in [-0.39, 0.29) is 6.03 Å². The third-order valence-electron chi connectivity index (χ3n) is 4.33. The van der Waals surface area contributed by atoms with Gasteiger partial charge in [-0.1, -0.05) is 23.6 Å². The molecule has 7 nitrogen and oxygen atoms in total. The van der Waals surface area contributed by atoms with Crippen LogP contribution in [0.2, 0.25) is 0 Å². The molecule has 0 aliphatic carbocycles. The number of carbonyl (C=O) groups excluding carboxylic acids is 1. The number of aryl methyl sites for hydroxylation is 1. The molecule has 28 heavy (non-hydrogen) atoms. The van der Waals surface area contributed by atoms with Crippen molar-refractivity contribution in [2.75, 3.05) is 26.2 Å². The topological polar surface area (TPSA) is 80.2 Å². The zero-order chi connectivity index (χ0) is 19.3. The molecule has 1 N–H and O–H groups in total. The molecular weight excluding hydrogens is 354 g/mol. The van der Waals surface area contributed by atoms with E-state index in [1.165, 1.54) is 5.56 Å². The van der Waals surface area contributed by atoms with Gasteiger partial charge < -0.3 is 15.0 Å². The first-order valence-electron chi connectivity index (χ1n) is 9.06. The van der Waals surface area contributed by atoms with Crippen LogP contribution in [0.25, 0.3) is 11.2 Å². The second-order valence-electron chi connectivity index (χ2n) is 6.41. The maximum absolute atomic E-state index is 11.6. The number of carbonyl (C=O) groups is 1. The second kappa shape index (κ2) is 7.92. The van der Waals surface area contributed by atoms with Crippen LogP contribution in [-0.4, -0.2) is 52.1 Å². The quantitative estimate of drug-likeness (QED) is 0.709. The van der Waals surface area contributed by atoms with E-state index in [9.17, 15) is 4.79 Å². The zero-order valence-electron chi connectivity index (χ0n) is 15.5. The molecule has 1 aliphatic rings. The molecule has 7 heteroatoms. The van der Waals surface area contributed by atoms with Gasteiger partial charge in [0.05, 0.1) is 6.54 Å². The van der Waals surface area contributed by atoms with Crippen molar-refractivity contribution in [3.05, 3.63) is 59.4 Å². The Balaban J connectivity index is 1.59. The van der Waals surface area contributed by atoms with E-state index in [1.54, 1.807) is 17.2 Å². The lowest BCUT2D eigenvalue weighted by Crippen LogP contribution is -2.32. The van der Waals surface area contributed by atoms with E-state index in [0.717, 1.165) is 5.56 Å². The van der Waals surface area contributed by atoms with Crippen molar-refractivity contribution < 1.29 is 9.53 Å². The molecule has 1 aromatic carbocycles. The molecule has 2 aromatic heterocycles. The van der Waals surface area contributed by atoms with Gasteiger partial charge in [0.15, 0.2) is 11.3 Å². The predicted molar refractivity (Wildman–Crippen MR) is 105 cm³/mol. The lowest BCUT2D eigenvalue weighted by atomic mass is 10.1. The Hall–Kier alpha value is -3.66. The standard InChI is InChI=1S/C21H19N5O2/c1-15-4-6-16(7-5-15)8-9-18-20(25-17-3-2-10-22-19(17)24-18)28-14-13-26-12-11-23-21(26)27/h2-7,10H,11-14H2,1H3,(H,23,27). The maximum atomic E-state index is 11.6. The molecule has 0 unspecified atom stereocenters. The van der Waals surface area contributed by atoms with Crippen LogP contribution in [0.4, 0.5) is 4.79 Å². The highest BCUT2D eigenvalue weighted by molar-refractivity contribution is 5.76. The van der Waals surface area contributed by atoms with Gasteiger partial charge in [-0.15, -0.1) is 0 Å². The van der Waals surface area contributed by atoms with Gasteiger partial charge in [0.25, 0.3) is 0 Å². The van der Waals surface area contributed by atoms with E-state index in [0.29, 0.717) is 49.0 Å². The number of hydrogen-bond acceptors (Lipinski definition) is 5. The van der Waals surface area contributed by atoms with Crippen LogP contribution < -0.4 is 10.1 Å².